The topological polar surface area (TPSA) is 59.8 Å². The largest absolute Gasteiger partial charge is 0.384 e. The van der Waals surface area contributed by atoms with Gasteiger partial charge in [0.15, 0.2) is 0 Å². The third-order valence-corrected chi connectivity index (χ3v) is 3.76. The van der Waals surface area contributed by atoms with E-state index in [0.29, 0.717) is 12.8 Å². The van der Waals surface area contributed by atoms with Crippen LogP contribution in [0.4, 0.5) is 5.69 Å². The fourth-order valence-electron chi connectivity index (χ4n) is 2.75. The number of anilines is 1. The van der Waals surface area contributed by atoms with Gasteiger partial charge in [-0.3, -0.25) is 4.79 Å². The fourth-order valence-corrected chi connectivity index (χ4v) is 2.75. The van der Waals surface area contributed by atoms with E-state index in [1.807, 2.05) is 19.1 Å². The lowest BCUT2D eigenvalue weighted by Gasteiger charge is -2.09. The standard InChI is InChI=1S/C15H18N4O/c1-2-19-15(17-10-18-19)8-12(20)7-11-9-16-14-6-4-3-5-13(11)14/h3-6,10-11,16H,2,7-9H2,1H3. The maximum atomic E-state index is 12.2. The van der Waals surface area contributed by atoms with E-state index >= 15 is 0 Å². The van der Waals surface area contributed by atoms with Crippen molar-refractivity contribution in [1.29, 1.82) is 0 Å². The van der Waals surface area contributed by atoms with Crippen LogP contribution in [0.5, 0.6) is 0 Å². The van der Waals surface area contributed by atoms with Crippen molar-refractivity contribution in [2.24, 2.45) is 0 Å². The number of rotatable bonds is 5. The molecule has 1 aromatic heterocycles. The first-order valence-electron chi connectivity index (χ1n) is 6.99. The molecule has 0 spiro atoms. The lowest BCUT2D eigenvalue weighted by atomic mass is 9.95. The van der Waals surface area contributed by atoms with E-state index in [4.69, 9.17) is 0 Å². The van der Waals surface area contributed by atoms with Crippen LogP contribution in [-0.4, -0.2) is 27.1 Å². The molecule has 1 unspecified atom stereocenters. The van der Waals surface area contributed by atoms with Gasteiger partial charge in [-0.2, -0.15) is 5.10 Å². The number of nitrogens with zero attached hydrogens (tertiary/aromatic N) is 3. The van der Waals surface area contributed by atoms with Gasteiger partial charge < -0.3 is 5.32 Å². The minimum absolute atomic E-state index is 0.219. The molecule has 1 atom stereocenters. The van der Waals surface area contributed by atoms with E-state index in [1.165, 1.54) is 11.9 Å². The van der Waals surface area contributed by atoms with Gasteiger partial charge in [-0.25, -0.2) is 9.67 Å². The summed E-state index contributed by atoms with van der Waals surface area (Å²) in [6.45, 7) is 3.59. The molecule has 0 saturated heterocycles. The molecule has 0 amide bonds. The highest BCUT2D eigenvalue weighted by atomic mass is 16.1. The van der Waals surface area contributed by atoms with Gasteiger partial charge in [-0.1, -0.05) is 18.2 Å². The number of fused-ring (bicyclic) bond motifs is 1. The normalized spacial score (nSPS) is 16.8. The van der Waals surface area contributed by atoms with Crippen LogP contribution in [0.3, 0.4) is 0 Å². The van der Waals surface area contributed by atoms with Crippen molar-refractivity contribution in [3.8, 4) is 0 Å². The van der Waals surface area contributed by atoms with Crippen LogP contribution in [0.1, 0.15) is 30.7 Å². The van der Waals surface area contributed by atoms with Crippen molar-refractivity contribution in [3.05, 3.63) is 42.0 Å². The van der Waals surface area contributed by atoms with E-state index < -0.39 is 0 Å². The van der Waals surface area contributed by atoms with Gasteiger partial charge in [0.05, 0.1) is 6.42 Å². The van der Waals surface area contributed by atoms with Gasteiger partial charge in [0.2, 0.25) is 0 Å². The van der Waals surface area contributed by atoms with Crippen LogP contribution in [-0.2, 0) is 17.8 Å². The molecule has 0 bridgehead atoms. The molecule has 1 aliphatic heterocycles. The second kappa shape index (κ2) is 5.45. The number of Topliss-reactive ketones (excluding diaryl/α,β-unsaturated/α-hetero) is 1. The number of carbonyl (C=O) groups excluding carboxylic acids is 1. The van der Waals surface area contributed by atoms with Crippen molar-refractivity contribution in [2.45, 2.75) is 32.2 Å². The predicted molar refractivity (Wildman–Crippen MR) is 76.7 cm³/mol. The third-order valence-electron chi connectivity index (χ3n) is 3.76. The Morgan fingerprint density at radius 2 is 2.30 bits per heavy atom. The summed E-state index contributed by atoms with van der Waals surface area (Å²) in [6.07, 6.45) is 2.44. The van der Waals surface area contributed by atoms with E-state index in [2.05, 4.69) is 27.5 Å². The first-order valence-corrected chi connectivity index (χ1v) is 6.99. The van der Waals surface area contributed by atoms with Crippen molar-refractivity contribution in [3.63, 3.8) is 0 Å². The average molecular weight is 270 g/mol. The van der Waals surface area contributed by atoms with Gasteiger partial charge in [-0.15, -0.1) is 0 Å². The Labute approximate surface area is 118 Å². The monoisotopic (exact) mass is 270 g/mol. The molecular weight excluding hydrogens is 252 g/mol. The van der Waals surface area contributed by atoms with E-state index in [0.717, 1.165) is 24.6 Å². The molecule has 1 N–H and O–H groups in total. The lowest BCUT2D eigenvalue weighted by molar-refractivity contribution is -0.118. The summed E-state index contributed by atoms with van der Waals surface area (Å²) in [4.78, 5) is 16.4. The van der Waals surface area contributed by atoms with Crippen LogP contribution in [0.15, 0.2) is 30.6 Å². The van der Waals surface area contributed by atoms with Crippen molar-refractivity contribution >= 4 is 11.5 Å². The summed E-state index contributed by atoms with van der Waals surface area (Å²) in [6, 6.07) is 8.20. The predicted octanol–water partition coefficient (Wildman–Crippen LogP) is 2.01. The highest BCUT2D eigenvalue weighted by molar-refractivity contribution is 5.81. The van der Waals surface area contributed by atoms with Crippen molar-refractivity contribution < 1.29 is 4.79 Å². The smallest absolute Gasteiger partial charge is 0.141 e. The molecular formula is C15H18N4O. The zero-order valence-corrected chi connectivity index (χ0v) is 11.5. The van der Waals surface area contributed by atoms with Gasteiger partial charge in [0.25, 0.3) is 0 Å². The highest BCUT2D eigenvalue weighted by Gasteiger charge is 2.24. The zero-order valence-electron chi connectivity index (χ0n) is 11.5. The molecule has 2 aromatic rings. The number of aryl methyl sites for hydroxylation is 1. The molecule has 0 saturated carbocycles. The third kappa shape index (κ3) is 2.43. The summed E-state index contributed by atoms with van der Waals surface area (Å²) in [5.41, 5.74) is 2.40. The number of carbonyl (C=O) groups is 1. The maximum Gasteiger partial charge on any atom is 0.141 e. The summed E-state index contributed by atoms with van der Waals surface area (Å²) in [5, 5.41) is 7.45. The van der Waals surface area contributed by atoms with Crippen LogP contribution in [0.25, 0.3) is 0 Å². The molecule has 5 heteroatoms. The Kier molecular flexibility index (Phi) is 3.50. The lowest BCUT2D eigenvalue weighted by Crippen LogP contribution is -2.14. The van der Waals surface area contributed by atoms with E-state index in [9.17, 15) is 4.79 Å². The Morgan fingerprint density at radius 3 is 3.15 bits per heavy atom. The van der Waals surface area contributed by atoms with Gasteiger partial charge in [0.1, 0.15) is 17.9 Å². The molecule has 1 aliphatic rings. The molecule has 104 valence electrons. The van der Waals surface area contributed by atoms with Crippen LogP contribution < -0.4 is 5.32 Å². The Bertz CT molecular complexity index is 620. The van der Waals surface area contributed by atoms with Crippen molar-refractivity contribution in [1.82, 2.24) is 14.8 Å². The zero-order chi connectivity index (χ0) is 13.9. The second-order valence-corrected chi connectivity index (χ2v) is 5.08. The van der Waals surface area contributed by atoms with E-state index in [-0.39, 0.29) is 11.7 Å². The summed E-state index contributed by atoms with van der Waals surface area (Å²) in [5.74, 6) is 1.25. The van der Waals surface area contributed by atoms with Crippen molar-refractivity contribution in [2.75, 3.05) is 11.9 Å². The van der Waals surface area contributed by atoms with Crippen LogP contribution in [0.2, 0.25) is 0 Å². The molecule has 2 heterocycles. The summed E-state index contributed by atoms with van der Waals surface area (Å²) >= 11 is 0. The molecule has 0 aliphatic carbocycles. The van der Waals surface area contributed by atoms with Gasteiger partial charge in [-0.05, 0) is 18.6 Å². The minimum atomic E-state index is 0.219. The molecule has 3 rings (SSSR count). The SMILES string of the molecule is CCn1ncnc1CC(=O)CC1CNc2ccccc21. The second-order valence-electron chi connectivity index (χ2n) is 5.08. The van der Waals surface area contributed by atoms with E-state index in [1.54, 1.807) is 4.68 Å². The number of aromatic nitrogens is 3. The molecule has 0 fully saturated rings. The number of hydrogen-bond acceptors (Lipinski definition) is 4. The highest BCUT2D eigenvalue weighted by Crippen LogP contribution is 2.33. The molecule has 5 nitrogen and oxygen atoms in total. The summed E-state index contributed by atoms with van der Waals surface area (Å²) < 4.78 is 1.78. The average Bonchev–Trinajstić information content (AvgIpc) is 3.06. The number of para-hydroxylation sites is 1. The maximum absolute atomic E-state index is 12.2. The number of hydrogen-bond donors (Lipinski definition) is 1. The summed E-state index contributed by atoms with van der Waals surface area (Å²) in [7, 11) is 0. The Morgan fingerprint density at radius 1 is 1.45 bits per heavy atom. The minimum Gasteiger partial charge on any atom is -0.384 e. The van der Waals surface area contributed by atoms with Gasteiger partial charge in [0, 0.05) is 31.1 Å². The number of ketones is 1. The first kappa shape index (κ1) is 12.8. The quantitative estimate of drug-likeness (QED) is 0.903. The number of benzene rings is 1. The number of nitrogens with one attached hydrogen (secondary N) is 1. The Hall–Kier alpha value is -2.17. The fraction of sp³-hybridized carbons (Fsp3) is 0.400. The molecule has 20 heavy (non-hydrogen) atoms. The Balaban J connectivity index is 1.66. The molecule has 1 aromatic carbocycles. The van der Waals surface area contributed by atoms with Crippen LogP contribution in [0, 0.1) is 0 Å². The molecule has 0 radical (unpaired) electrons. The van der Waals surface area contributed by atoms with Crippen LogP contribution >= 0.6 is 0 Å². The first-order chi connectivity index (χ1) is 9.78. The van der Waals surface area contributed by atoms with Gasteiger partial charge >= 0.3 is 0 Å².